The number of carbonyl (C=O) groups excluding carboxylic acids is 1. The van der Waals surface area contributed by atoms with E-state index in [4.69, 9.17) is 9.47 Å². The van der Waals surface area contributed by atoms with Crippen LogP contribution in [0.1, 0.15) is 19.3 Å². The van der Waals surface area contributed by atoms with Crippen molar-refractivity contribution in [2.75, 3.05) is 33.4 Å². The minimum absolute atomic E-state index is 0.0262. The number of β-amino-alcohol motifs (C(OH)–C–C–N with tert-alkyl or cyclic N) is 1. The number of ether oxygens (including phenoxy) is 2. The van der Waals surface area contributed by atoms with Crippen molar-refractivity contribution in [3.63, 3.8) is 0 Å². The third-order valence-electron chi connectivity index (χ3n) is 3.75. The van der Waals surface area contributed by atoms with Crippen LogP contribution in [0.3, 0.4) is 0 Å². The first-order valence-corrected chi connectivity index (χ1v) is 7.40. The molecule has 1 saturated heterocycles. The van der Waals surface area contributed by atoms with E-state index in [9.17, 15) is 14.3 Å². The Morgan fingerprint density at radius 2 is 2.14 bits per heavy atom. The Morgan fingerprint density at radius 3 is 2.82 bits per heavy atom. The normalized spacial score (nSPS) is 21.7. The average molecular weight is 311 g/mol. The Labute approximate surface area is 129 Å². The highest BCUT2D eigenvalue weighted by Gasteiger charge is 2.35. The molecule has 1 aromatic carbocycles. The molecular formula is C16H22FNO4. The number of halogens is 1. The van der Waals surface area contributed by atoms with Crippen LogP contribution in [0.15, 0.2) is 24.3 Å². The second-order valence-electron chi connectivity index (χ2n) is 5.63. The molecule has 0 radical (unpaired) electrons. The van der Waals surface area contributed by atoms with Gasteiger partial charge in [0.05, 0.1) is 19.6 Å². The van der Waals surface area contributed by atoms with Gasteiger partial charge >= 0.3 is 0 Å². The summed E-state index contributed by atoms with van der Waals surface area (Å²) in [4.78, 5) is 13.7. The summed E-state index contributed by atoms with van der Waals surface area (Å²) in [6.45, 7) is 1.34. The maximum absolute atomic E-state index is 12.8. The Balaban J connectivity index is 1.88. The smallest absolute Gasteiger partial charge is 0.224 e. The van der Waals surface area contributed by atoms with E-state index in [1.165, 1.54) is 24.3 Å². The van der Waals surface area contributed by atoms with Gasteiger partial charge in [-0.2, -0.15) is 0 Å². The molecule has 1 aliphatic rings. The fourth-order valence-corrected chi connectivity index (χ4v) is 2.54. The first-order chi connectivity index (χ1) is 10.5. The molecule has 2 rings (SSSR count). The van der Waals surface area contributed by atoms with E-state index in [2.05, 4.69) is 0 Å². The molecule has 1 aliphatic heterocycles. The maximum atomic E-state index is 12.8. The lowest BCUT2D eigenvalue weighted by molar-refractivity contribution is -0.141. The number of rotatable bonds is 6. The van der Waals surface area contributed by atoms with E-state index in [1.54, 1.807) is 12.0 Å². The van der Waals surface area contributed by atoms with Gasteiger partial charge in [0.15, 0.2) is 0 Å². The molecule has 1 atom stereocenters. The summed E-state index contributed by atoms with van der Waals surface area (Å²) in [6, 6.07) is 5.65. The number of hydrogen-bond acceptors (Lipinski definition) is 4. The van der Waals surface area contributed by atoms with Crippen molar-refractivity contribution in [1.29, 1.82) is 0 Å². The third-order valence-corrected chi connectivity index (χ3v) is 3.75. The van der Waals surface area contributed by atoms with Gasteiger partial charge in [-0.15, -0.1) is 0 Å². The van der Waals surface area contributed by atoms with Crippen molar-refractivity contribution in [2.24, 2.45) is 0 Å². The number of methoxy groups -OCH3 is 1. The van der Waals surface area contributed by atoms with E-state index >= 15 is 0 Å². The van der Waals surface area contributed by atoms with Gasteiger partial charge in [0, 0.05) is 13.7 Å². The number of nitrogens with zero attached hydrogens (tertiary/aromatic N) is 1. The summed E-state index contributed by atoms with van der Waals surface area (Å²) in [5.74, 6) is 0.137. The molecule has 1 unspecified atom stereocenters. The van der Waals surface area contributed by atoms with Crippen molar-refractivity contribution in [1.82, 2.24) is 4.90 Å². The van der Waals surface area contributed by atoms with Gasteiger partial charge in [0.25, 0.3) is 0 Å². The number of benzene rings is 1. The third kappa shape index (κ3) is 4.68. The first kappa shape index (κ1) is 16.7. The van der Waals surface area contributed by atoms with E-state index in [-0.39, 0.29) is 24.9 Å². The second-order valence-corrected chi connectivity index (χ2v) is 5.63. The molecule has 0 aromatic heterocycles. The predicted octanol–water partition coefficient (Wildman–Crippen LogP) is 1.59. The van der Waals surface area contributed by atoms with Crippen molar-refractivity contribution in [2.45, 2.75) is 24.9 Å². The van der Waals surface area contributed by atoms with Gasteiger partial charge < -0.3 is 19.5 Å². The summed E-state index contributed by atoms with van der Waals surface area (Å²) in [5.41, 5.74) is -1.07. The number of piperidine rings is 1. The molecule has 22 heavy (non-hydrogen) atoms. The van der Waals surface area contributed by atoms with Gasteiger partial charge in [-0.1, -0.05) is 0 Å². The Kier molecular flexibility index (Phi) is 5.74. The Morgan fingerprint density at radius 1 is 1.41 bits per heavy atom. The summed E-state index contributed by atoms with van der Waals surface area (Å²) >= 11 is 0. The monoisotopic (exact) mass is 311 g/mol. The summed E-state index contributed by atoms with van der Waals surface area (Å²) < 4.78 is 23.3. The van der Waals surface area contributed by atoms with E-state index in [0.717, 1.165) is 6.42 Å². The molecule has 0 aliphatic carbocycles. The molecule has 6 heteroatoms. The van der Waals surface area contributed by atoms with Gasteiger partial charge in [-0.25, -0.2) is 4.39 Å². The fourth-order valence-electron chi connectivity index (χ4n) is 2.54. The lowest BCUT2D eigenvalue weighted by Crippen LogP contribution is -2.53. The standard InChI is InChI=1S/C16H22FNO4/c1-21-10-7-15(19)18-9-2-8-16(20,11-18)12-22-14-5-3-13(17)4-6-14/h3-6,20H,2,7-12H2,1H3. The van der Waals surface area contributed by atoms with Crippen molar-refractivity contribution < 1.29 is 23.8 Å². The van der Waals surface area contributed by atoms with Crippen molar-refractivity contribution in [3.05, 3.63) is 30.1 Å². The number of amides is 1. The molecule has 5 nitrogen and oxygen atoms in total. The van der Waals surface area contributed by atoms with Crippen molar-refractivity contribution in [3.8, 4) is 5.75 Å². The summed E-state index contributed by atoms with van der Waals surface area (Å²) in [6.07, 6.45) is 1.61. The highest BCUT2D eigenvalue weighted by atomic mass is 19.1. The van der Waals surface area contributed by atoms with Gasteiger partial charge in [0.1, 0.15) is 23.8 Å². The number of hydrogen-bond donors (Lipinski definition) is 1. The molecule has 1 N–H and O–H groups in total. The van der Waals surface area contributed by atoms with E-state index in [1.807, 2.05) is 0 Å². The fraction of sp³-hybridized carbons (Fsp3) is 0.562. The van der Waals surface area contributed by atoms with Crippen molar-refractivity contribution >= 4 is 5.91 Å². The molecule has 0 bridgehead atoms. The molecule has 122 valence electrons. The molecule has 1 fully saturated rings. The molecule has 1 amide bonds. The summed E-state index contributed by atoms with van der Waals surface area (Å²) in [5, 5.41) is 10.6. The quantitative estimate of drug-likeness (QED) is 0.867. The first-order valence-electron chi connectivity index (χ1n) is 7.40. The minimum Gasteiger partial charge on any atom is -0.491 e. The van der Waals surface area contributed by atoms with Crippen LogP contribution in [0.4, 0.5) is 4.39 Å². The summed E-state index contributed by atoms with van der Waals surface area (Å²) in [7, 11) is 1.55. The highest BCUT2D eigenvalue weighted by Crippen LogP contribution is 2.23. The van der Waals surface area contributed by atoms with Crippen LogP contribution >= 0.6 is 0 Å². The highest BCUT2D eigenvalue weighted by molar-refractivity contribution is 5.76. The van der Waals surface area contributed by atoms with Crippen LogP contribution in [-0.2, 0) is 9.53 Å². The van der Waals surface area contributed by atoms with Crippen LogP contribution < -0.4 is 4.74 Å². The van der Waals surface area contributed by atoms with Crippen LogP contribution in [-0.4, -0.2) is 54.9 Å². The van der Waals surface area contributed by atoms with Gasteiger partial charge in [0.2, 0.25) is 5.91 Å². The number of carbonyl (C=O) groups is 1. The molecule has 1 heterocycles. The lowest BCUT2D eigenvalue weighted by atomic mass is 9.93. The zero-order chi connectivity index (χ0) is 16.0. The molecule has 1 aromatic rings. The SMILES string of the molecule is COCCC(=O)N1CCCC(O)(COc2ccc(F)cc2)C1. The Hall–Kier alpha value is -1.66. The van der Waals surface area contributed by atoms with Gasteiger partial charge in [-0.05, 0) is 37.1 Å². The maximum Gasteiger partial charge on any atom is 0.224 e. The lowest BCUT2D eigenvalue weighted by Gasteiger charge is -2.39. The van der Waals surface area contributed by atoms with E-state index in [0.29, 0.717) is 31.7 Å². The zero-order valence-corrected chi connectivity index (χ0v) is 12.8. The zero-order valence-electron chi connectivity index (χ0n) is 12.8. The Bertz CT molecular complexity index is 493. The molecular weight excluding hydrogens is 289 g/mol. The second kappa shape index (κ2) is 7.56. The molecule has 0 spiro atoms. The average Bonchev–Trinajstić information content (AvgIpc) is 2.52. The largest absolute Gasteiger partial charge is 0.491 e. The van der Waals surface area contributed by atoms with Crippen LogP contribution in [0.5, 0.6) is 5.75 Å². The van der Waals surface area contributed by atoms with Gasteiger partial charge in [-0.3, -0.25) is 4.79 Å². The van der Waals surface area contributed by atoms with Crippen LogP contribution in [0.2, 0.25) is 0 Å². The van der Waals surface area contributed by atoms with E-state index < -0.39 is 5.60 Å². The number of likely N-dealkylation sites (tertiary alicyclic amines) is 1. The topological polar surface area (TPSA) is 59.0 Å². The molecule has 0 saturated carbocycles. The predicted molar refractivity (Wildman–Crippen MR) is 79.2 cm³/mol. The van der Waals surface area contributed by atoms with Crippen LogP contribution in [0, 0.1) is 5.82 Å². The number of aliphatic hydroxyl groups is 1. The van der Waals surface area contributed by atoms with Crippen LogP contribution in [0.25, 0.3) is 0 Å². The minimum atomic E-state index is -1.07.